The molecule has 0 radical (unpaired) electrons. The van der Waals surface area contributed by atoms with Crippen LogP contribution >= 0.6 is 11.3 Å². The van der Waals surface area contributed by atoms with Crippen molar-refractivity contribution in [1.82, 2.24) is 4.98 Å². The van der Waals surface area contributed by atoms with E-state index in [1.165, 1.54) is 11.3 Å². The van der Waals surface area contributed by atoms with Crippen LogP contribution in [0, 0.1) is 3.95 Å². The zero-order valence-electron chi connectivity index (χ0n) is 7.98. The van der Waals surface area contributed by atoms with Gasteiger partial charge in [0.05, 0.1) is 16.8 Å². The Morgan fingerprint density at radius 2 is 2.27 bits per heavy atom. The molecule has 0 fully saturated rings. The van der Waals surface area contributed by atoms with Crippen molar-refractivity contribution in [3.8, 4) is 5.75 Å². The number of thiazole rings is 1. The van der Waals surface area contributed by atoms with E-state index >= 15 is 0 Å². The minimum Gasteiger partial charge on any atom is -0.494 e. The van der Waals surface area contributed by atoms with Crippen molar-refractivity contribution in [2.45, 2.75) is 6.92 Å². The zero-order chi connectivity index (χ0) is 10.8. The number of benzene rings is 1. The Morgan fingerprint density at radius 1 is 1.47 bits per heavy atom. The largest absolute Gasteiger partial charge is 0.494 e. The van der Waals surface area contributed by atoms with Crippen LogP contribution in [0.2, 0.25) is 0 Å². The Hall–Kier alpha value is -1.27. The number of aromatic amines is 1. The van der Waals surface area contributed by atoms with Gasteiger partial charge in [-0.2, -0.15) is 8.42 Å². The molecule has 0 aliphatic heterocycles. The number of ether oxygens (including phenoxy) is 1. The standard InChI is InChI=1S/C9H9NO3S2/c1-2-13-6-3-4-7-8(5-6)14-9(10-7)15(11)12/h3-5,10H,2H2,1H3. The van der Waals surface area contributed by atoms with Crippen molar-refractivity contribution in [3.05, 3.63) is 22.2 Å². The molecule has 0 unspecified atom stereocenters. The van der Waals surface area contributed by atoms with Crippen LogP contribution in [0.1, 0.15) is 6.92 Å². The van der Waals surface area contributed by atoms with Gasteiger partial charge >= 0.3 is 0 Å². The van der Waals surface area contributed by atoms with Gasteiger partial charge < -0.3 is 9.72 Å². The quantitative estimate of drug-likeness (QED) is 0.821. The lowest BCUT2D eigenvalue weighted by molar-refractivity contribution is 0.341. The van der Waals surface area contributed by atoms with Gasteiger partial charge in [-0.3, -0.25) is 0 Å². The summed E-state index contributed by atoms with van der Waals surface area (Å²) < 4.78 is 27.9. The van der Waals surface area contributed by atoms with Gasteiger partial charge in [0, 0.05) is 0 Å². The molecule has 0 bridgehead atoms. The Balaban J connectivity index is 2.68. The zero-order valence-corrected chi connectivity index (χ0v) is 9.61. The summed E-state index contributed by atoms with van der Waals surface area (Å²) in [5.41, 5.74) is 0.808. The predicted molar refractivity (Wildman–Crippen MR) is 59.5 cm³/mol. The SMILES string of the molecule is CCOc1ccc2[nH]c(=S(=O)=O)sc2c1. The highest BCUT2D eigenvalue weighted by Gasteiger charge is 2.00. The monoisotopic (exact) mass is 243 g/mol. The average molecular weight is 243 g/mol. The molecule has 0 aliphatic carbocycles. The van der Waals surface area contributed by atoms with E-state index in [1.54, 1.807) is 0 Å². The second-order valence-corrected chi connectivity index (χ2v) is 5.03. The van der Waals surface area contributed by atoms with Gasteiger partial charge in [-0.15, -0.1) is 11.3 Å². The van der Waals surface area contributed by atoms with Gasteiger partial charge in [-0.1, -0.05) is 0 Å². The fourth-order valence-electron chi connectivity index (χ4n) is 1.26. The molecule has 1 aromatic heterocycles. The predicted octanol–water partition coefficient (Wildman–Crippen LogP) is 2.04. The van der Waals surface area contributed by atoms with E-state index in [2.05, 4.69) is 4.98 Å². The van der Waals surface area contributed by atoms with E-state index in [4.69, 9.17) is 4.74 Å². The first-order valence-electron chi connectivity index (χ1n) is 4.38. The number of H-pyrrole nitrogens is 1. The topological polar surface area (TPSA) is 59.2 Å². The van der Waals surface area contributed by atoms with Crippen LogP contribution in [0.15, 0.2) is 18.2 Å². The van der Waals surface area contributed by atoms with E-state index in [-0.39, 0.29) is 3.95 Å². The molecule has 1 heterocycles. The first-order valence-corrected chi connectivity index (χ1v) is 6.28. The summed E-state index contributed by atoms with van der Waals surface area (Å²) in [6.45, 7) is 2.50. The van der Waals surface area contributed by atoms with Crippen LogP contribution in [0.5, 0.6) is 5.75 Å². The third kappa shape index (κ3) is 2.05. The highest BCUT2D eigenvalue weighted by atomic mass is 32.2. The Morgan fingerprint density at radius 3 is 2.93 bits per heavy atom. The summed E-state index contributed by atoms with van der Waals surface area (Å²) in [5, 5.41) is 0. The fourth-order valence-corrected chi connectivity index (χ4v) is 2.76. The van der Waals surface area contributed by atoms with E-state index in [0.29, 0.717) is 6.61 Å². The molecule has 0 aliphatic rings. The van der Waals surface area contributed by atoms with Gasteiger partial charge in [0.1, 0.15) is 5.75 Å². The van der Waals surface area contributed by atoms with Crippen LogP contribution in [0.4, 0.5) is 0 Å². The van der Waals surface area contributed by atoms with Gasteiger partial charge in [-0.05, 0) is 25.1 Å². The van der Waals surface area contributed by atoms with Gasteiger partial charge in [0.15, 0.2) is 0 Å². The number of hydrogen-bond donors (Lipinski definition) is 1. The van der Waals surface area contributed by atoms with E-state index in [1.807, 2.05) is 25.1 Å². The normalized spacial score (nSPS) is 10.5. The second-order valence-electron chi connectivity index (χ2n) is 2.84. The molecular weight excluding hydrogens is 234 g/mol. The van der Waals surface area contributed by atoms with Crippen LogP contribution in [-0.4, -0.2) is 20.0 Å². The van der Waals surface area contributed by atoms with Crippen molar-refractivity contribution in [2.75, 3.05) is 6.61 Å². The maximum atomic E-state index is 10.7. The Bertz CT molecular complexity index is 643. The van der Waals surface area contributed by atoms with Crippen LogP contribution < -0.4 is 4.74 Å². The maximum absolute atomic E-state index is 10.7. The van der Waals surface area contributed by atoms with Crippen LogP contribution in [-0.2, 0) is 10.3 Å². The molecule has 2 aromatic rings. The van der Waals surface area contributed by atoms with Crippen molar-refractivity contribution in [3.63, 3.8) is 0 Å². The molecule has 15 heavy (non-hydrogen) atoms. The molecule has 0 saturated heterocycles. The number of rotatable bonds is 2. The fraction of sp³-hybridized carbons (Fsp3) is 0.222. The summed E-state index contributed by atoms with van der Waals surface area (Å²) in [7, 11) is -2.20. The summed E-state index contributed by atoms with van der Waals surface area (Å²) in [6.07, 6.45) is 0. The highest BCUT2D eigenvalue weighted by molar-refractivity contribution is 7.66. The number of nitrogens with one attached hydrogen (secondary N) is 1. The first kappa shape index (κ1) is 10.3. The lowest BCUT2D eigenvalue weighted by Gasteiger charge is -2.00. The molecule has 6 heteroatoms. The first-order chi connectivity index (χ1) is 7.20. The average Bonchev–Trinajstić information content (AvgIpc) is 2.61. The summed E-state index contributed by atoms with van der Waals surface area (Å²) in [5.74, 6) is 0.753. The molecule has 0 saturated carbocycles. The molecule has 0 amide bonds. The smallest absolute Gasteiger partial charge is 0.248 e. The van der Waals surface area contributed by atoms with Crippen molar-refractivity contribution in [1.29, 1.82) is 0 Å². The minimum atomic E-state index is -2.20. The maximum Gasteiger partial charge on any atom is 0.248 e. The number of hydrogen-bond acceptors (Lipinski definition) is 4. The summed E-state index contributed by atoms with van der Waals surface area (Å²) in [6, 6.07) is 5.45. The van der Waals surface area contributed by atoms with Crippen molar-refractivity contribution in [2.24, 2.45) is 0 Å². The van der Waals surface area contributed by atoms with E-state index in [9.17, 15) is 8.42 Å². The molecule has 0 spiro atoms. The van der Waals surface area contributed by atoms with E-state index in [0.717, 1.165) is 16.0 Å². The number of fused-ring (bicyclic) bond motifs is 1. The van der Waals surface area contributed by atoms with Crippen LogP contribution in [0.3, 0.4) is 0 Å². The van der Waals surface area contributed by atoms with Crippen molar-refractivity contribution >= 4 is 31.8 Å². The van der Waals surface area contributed by atoms with Crippen LogP contribution in [0.25, 0.3) is 10.2 Å². The van der Waals surface area contributed by atoms with E-state index < -0.39 is 10.3 Å². The van der Waals surface area contributed by atoms with Gasteiger partial charge in [-0.25, -0.2) is 0 Å². The Kier molecular flexibility index (Phi) is 2.79. The molecule has 4 nitrogen and oxygen atoms in total. The van der Waals surface area contributed by atoms with Crippen molar-refractivity contribution < 1.29 is 13.2 Å². The highest BCUT2D eigenvalue weighted by Crippen LogP contribution is 2.23. The molecule has 80 valence electrons. The Labute approximate surface area is 91.7 Å². The lowest BCUT2D eigenvalue weighted by atomic mass is 10.3. The lowest BCUT2D eigenvalue weighted by Crippen LogP contribution is -1.89. The molecule has 1 N–H and O–H groups in total. The molecule has 2 rings (SSSR count). The summed E-state index contributed by atoms with van der Waals surface area (Å²) in [4.78, 5) is 2.81. The molecule has 1 aromatic carbocycles. The third-order valence-electron chi connectivity index (χ3n) is 1.85. The summed E-state index contributed by atoms with van der Waals surface area (Å²) >= 11 is 1.20. The van der Waals surface area contributed by atoms with Gasteiger partial charge in [0.25, 0.3) is 0 Å². The third-order valence-corrected chi connectivity index (χ3v) is 3.76. The van der Waals surface area contributed by atoms with Gasteiger partial charge in [0.2, 0.25) is 14.2 Å². The molecule has 0 atom stereocenters. The molecular formula is C9H9NO3S2. The minimum absolute atomic E-state index is 0.235. The second kappa shape index (κ2) is 4.08. The number of aromatic nitrogens is 1.